The lowest BCUT2D eigenvalue weighted by molar-refractivity contribution is 0.347. The van der Waals surface area contributed by atoms with Crippen LogP contribution < -0.4 is 10.6 Å². The summed E-state index contributed by atoms with van der Waals surface area (Å²) < 4.78 is 0. The van der Waals surface area contributed by atoms with E-state index in [1.54, 1.807) is 0 Å². The maximum Gasteiger partial charge on any atom is 0.0725 e. The van der Waals surface area contributed by atoms with Gasteiger partial charge in [-0.05, 0) is 57.8 Å². The molecule has 1 aliphatic heterocycles. The lowest BCUT2D eigenvalue weighted by Gasteiger charge is -2.30. The summed E-state index contributed by atoms with van der Waals surface area (Å²) in [6, 6.07) is 11.0. The lowest BCUT2D eigenvalue weighted by atomic mass is 9.92. The number of anilines is 1. The molecule has 0 amide bonds. The number of pyridine rings is 1. The Morgan fingerprint density at radius 3 is 3.00 bits per heavy atom. The first-order valence-electron chi connectivity index (χ1n) is 7.57. The largest absolute Gasteiger partial charge is 0.382 e. The minimum Gasteiger partial charge on any atom is -0.382 e. The van der Waals surface area contributed by atoms with E-state index in [1.807, 2.05) is 6.07 Å². The first-order chi connectivity index (χ1) is 9.74. The van der Waals surface area contributed by atoms with Crippen molar-refractivity contribution in [3.05, 3.63) is 36.0 Å². The van der Waals surface area contributed by atoms with Crippen LogP contribution in [0.1, 0.15) is 25.5 Å². The summed E-state index contributed by atoms with van der Waals surface area (Å²) in [5, 5.41) is 8.43. The van der Waals surface area contributed by atoms with Gasteiger partial charge < -0.3 is 10.6 Å². The van der Waals surface area contributed by atoms with Crippen molar-refractivity contribution in [2.45, 2.75) is 32.7 Å². The van der Waals surface area contributed by atoms with E-state index in [0.29, 0.717) is 12.0 Å². The van der Waals surface area contributed by atoms with Crippen LogP contribution in [0, 0.1) is 12.8 Å². The average Bonchev–Trinajstić information content (AvgIpc) is 2.48. The van der Waals surface area contributed by atoms with E-state index in [-0.39, 0.29) is 0 Å². The van der Waals surface area contributed by atoms with Crippen molar-refractivity contribution in [1.29, 1.82) is 0 Å². The summed E-state index contributed by atoms with van der Waals surface area (Å²) in [4.78, 5) is 4.60. The van der Waals surface area contributed by atoms with Crippen LogP contribution in [0.15, 0.2) is 30.3 Å². The second-order valence-electron chi connectivity index (χ2n) is 5.87. The van der Waals surface area contributed by atoms with Crippen LogP contribution in [0.25, 0.3) is 10.9 Å². The van der Waals surface area contributed by atoms with E-state index < -0.39 is 0 Å². The second kappa shape index (κ2) is 5.80. The Hall–Kier alpha value is -1.61. The van der Waals surface area contributed by atoms with E-state index in [9.17, 15) is 0 Å². The molecule has 3 rings (SSSR count). The predicted molar refractivity (Wildman–Crippen MR) is 85.2 cm³/mol. The molecule has 106 valence electrons. The lowest BCUT2D eigenvalue weighted by Crippen LogP contribution is -2.38. The molecular weight excluding hydrogens is 246 g/mol. The maximum absolute atomic E-state index is 4.60. The number of nitrogens with zero attached hydrogens (tertiary/aromatic N) is 1. The molecular formula is C17H23N3. The third-order valence-corrected chi connectivity index (χ3v) is 4.27. The standard InChI is InChI=1S/C17H23N3/c1-12-10-17(15-7-3-4-8-16(15)19-12)20-13(2)14-6-5-9-18-11-14/h3-4,7-8,10,13-14,18H,5-6,9,11H2,1-2H3,(H,19,20). The Balaban J connectivity index is 1.86. The van der Waals surface area contributed by atoms with Gasteiger partial charge >= 0.3 is 0 Å². The Kier molecular flexibility index (Phi) is 3.88. The van der Waals surface area contributed by atoms with Crippen LogP contribution in [0.4, 0.5) is 5.69 Å². The Bertz CT molecular complexity index is 588. The van der Waals surface area contributed by atoms with Crippen molar-refractivity contribution in [2.24, 2.45) is 5.92 Å². The topological polar surface area (TPSA) is 37.0 Å². The van der Waals surface area contributed by atoms with Crippen LogP contribution in [0.5, 0.6) is 0 Å². The van der Waals surface area contributed by atoms with E-state index >= 15 is 0 Å². The highest BCUT2D eigenvalue weighted by molar-refractivity contribution is 5.91. The number of benzene rings is 1. The van der Waals surface area contributed by atoms with Crippen LogP contribution in [0.3, 0.4) is 0 Å². The van der Waals surface area contributed by atoms with Gasteiger partial charge in [0.2, 0.25) is 0 Å². The van der Waals surface area contributed by atoms with Crippen molar-refractivity contribution in [1.82, 2.24) is 10.3 Å². The molecule has 3 heteroatoms. The molecule has 1 saturated heterocycles. The number of aromatic nitrogens is 1. The highest BCUT2D eigenvalue weighted by Gasteiger charge is 2.20. The molecule has 0 saturated carbocycles. The molecule has 2 aromatic rings. The molecule has 20 heavy (non-hydrogen) atoms. The zero-order valence-corrected chi connectivity index (χ0v) is 12.3. The van der Waals surface area contributed by atoms with E-state index in [0.717, 1.165) is 17.8 Å². The quantitative estimate of drug-likeness (QED) is 0.897. The molecule has 0 spiro atoms. The van der Waals surface area contributed by atoms with Gasteiger partial charge in [0.25, 0.3) is 0 Å². The molecule has 3 nitrogen and oxygen atoms in total. The Labute approximate surface area is 120 Å². The smallest absolute Gasteiger partial charge is 0.0725 e. The fraction of sp³-hybridized carbons (Fsp3) is 0.471. The van der Waals surface area contributed by atoms with E-state index in [2.05, 4.69) is 53.7 Å². The van der Waals surface area contributed by atoms with Gasteiger partial charge in [-0.15, -0.1) is 0 Å². The number of para-hydroxylation sites is 1. The van der Waals surface area contributed by atoms with Gasteiger partial charge in [-0.25, -0.2) is 0 Å². The van der Waals surface area contributed by atoms with Gasteiger partial charge in [0.15, 0.2) is 0 Å². The molecule has 1 aromatic carbocycles. The zero-order valence-electron chi connectivity index (χ0n) is 12.3. The van der Waals surface area contributed by atoms with Gasteiger partial charge in [-0.1, -0.05) is 18.2 Å². The predicted octanol–water partition coefficient (Wildman–Crippen LogP) is 3.34. The molecule has 2 N–H and O–H groups in total. The third-order valence-electron chi connectivity index (χ3n) is 4.27. The van der Waals surface area contributed by atoms with E-state index in [1.165, 1.54) is 30.5 Å². The maximum atomic E-state index is 4.60. The van der Waals surface area contributed by atoms with Crippen molar-refractivity contribution < 1.29 is 0 Å². The van der Waals surface area contributed by atoms with Crippen molar-refractivity contribution in [2.75, 3.05) is 18.4 Å². The monoisotopic (exact) mass is 269 g/mol. The SMILES string of the molecule is Cc1cc(NC(C)C2CCCNC2)c2ccccc2n1. The second-order valence-corrected chi connectivity index (χ2v) is 5.87. The average molecular weight is 269 g/mol. The first kappa shape index (κ1) is 13.4. The zero-order chi connectivity index (χ0) is 13.9. The molecule has 2 atom stereocenters. The number of aryl methyl sites for hydroxylation is 1. The molecule has 1 aromatic heterocycles. The van der Waals surface area contributed by atoms with Crippen LogP contribution in [0.2, 0.25) is 0 Å². The van der Waals surface area contributed by atoms with Crippen molar-refractivity contribution in [3.8, 4) is 0 Å². The van der Waals surface area contributed by atoms with E-state index in [4.69, 9.17) is 0 Å². The highest BCUT2D eigenvalue weighted by atomic mass is 15.0. The molecule has 1 fully saturated rings. The van der Waals surface area contributed by atoms with Crippen LogP contribution >= 0.6 is 0 Å². The first-order valence-corrected chi connectivity index (χ1v) is 7.57. The summed E-state index contributed by atoms with van der Waals surface area (Å²) in [6.07, 6.45) is 2.59. The number of piperidine rings is 1. The summed E-state index contributed by atoms with van der Waals surface area (Å²) in [5.41, 5.74) is 3.36. The Morgan fingerprint density at radius 1 is 1.35 bits per heavy atom. The number of hydrogen-bond acceptors (Lipinski definition) is 3. The fourth-order valence-electron chi connectivity index (χ4n) is 3.10. The van der Waals surface area contributed by atoms with Crippen molar-refractivity contribution in [3.63, 3.8) is 0 Å². The summed E-state index contributed by atoms with van der Waals surface area (Å²) in [5.74, 6) is 0.705. The fourth-order valence-corrected chi connectivity index (χ4v) is 3.10. The number of fused-ring (bicyclic) bond motifs is 1. The summed E-state index contributed by atoms with van der Waals surface area (Å²) in [7, 11) is 0. The van der Waals surface area contributed by atoms with Gasteiger partial charge in [-0.3, -0.25) is 4.98 Å². The molecule has 0 bridgehead atoms. The molecule has 2 unspecified atom stereocenters. The minimum atomic E-state index is 0.480. The van der Waals surface area contributed by atoms with Crippen molar-refractivity contribution >= 4 is 16.6 Å². The third kappa shape index (κ3) is 2.78. The summed E-state index contributed by atoms with van der Waals surface area (Å²) >= 11 is 0. The normalized spacial score (nSPS) is 20.8. The number of nitrogens with one attached hydrogen (secondary N) is 2. The number of rotatable bonds is 3. The van der Waals surface area contributed by atoms with Gasteiger partial charge in [-0.2, -0.15) is 0 Å². The van der Waals surface area contributed by atoms with Crippen LogP contribution in [-0.4, -0.2) is 24.1 Å². The molecule has 1 aliphatic rings. The minimum absolute atomic E-state index is 0.480. The molecule has 2 heterocycles. The highest BCUT2D eigenvalue weighted by Crippen LogP contribution is 2.26. The number of hydrogen-bond donors (Lipinski definition) is 2. The Morgan fingerprint density at radius 2 is 2.20 bits per heavy atom. The van der Waals surface area contributed by atoms with Gasteiger partial charge in [0.05, 0.1) is 5.52 Å². The van der Waals surface area contributed by atoms with Crippen LogP contribution in [-0.2, 0) is 0 Å². The van der Waals surface area contributed by atoms with Gasteiger partial charge in [0.1, 0.15) is 0 Å². The molecule has 0 radical (unpaired) electrons. The van der Waals surface area contributed by atoms with Gasteiger partial charge in [0, 0.05) is 22.8 Å². The molecule has 0 aliphatic carbocycles. The summed E-state index contributed by atoms with van der Waals surface area (Å²) in [6.45, 7) is 6.64.